The lowest BCUT2D eigenvalue weighted by molar-refractivity contribution is -0.123. The Morgan fingerprint density at radius 3 is 2.37 bits per heavy atom. The number of carbonyl (C=O) groups is 2. The lowest BCUT2D eigenvalue weighted by Gasteiger charge is -2.32. The Bertz CT molecular complexity index is 1180. The van der Waals surface area contributed by atoms with Gasteiger partial charge in [-0.15, -0.1) is 0 Å². The molecule has 10 heteroatoms. The van der Waals surface area contributed by atoms with Gasteiger partial charge >= 0.3 is 0 Å². The third kappa shape index (κ3) is 5.77. The molecular weight excluding hydrogens is 512 g/mol. The summed E-state index contributed by atoms with van der Waals surface area (Å²) in [5.41, 5.74) is 0.812. The largest absolute Gasteiger partial charge is 0.494 e. The molecule has 2 amide bonds. The van der Waals surface area contributed by atoms with Crippen LogP contribution in [0.3, 0.4) is 0 Å². The van der Waals surface area contributed by atoms with Crippen LogP contribution in [-0.4, -0.2) is 28.8 Å². The van der Waals surface area contributed by atoms with E-state index in [4.69, 9.17) is 27.9 Å². The number of hydrogen-bond acceptors (Lipinski definition) is 5. The van der Waals surface area contributed by atoms with Crippen LogP contribution in [0.15, 0.2) is 48.5 Å². The molecule has 0 bridgehead atoms. The smallest absolute Gasteiger partial charge is 0.280 e. The fourth-order valence-electron chi connectivity index (χ4n) is 4.17. The third-order valence-electron chi connectivity index (χ3n) is 5.84. The molecule has 1 unspecified atom stereocenters. The summed E-state index contributed by atoms with van der Waals surface area (Å²) in [5, 5.41) is 3.09. The van der Waals surface area contributed by atoms with E-state index in [9.17, 15) is 14.0 Å². The van der Waals surface area contributed by atoms with E-state index in [2.05, 4.69) is 9.69 Å². The van der Waals surface area contributed by atoms with E-state index in [1.807, 2.05) is 6.92 Å². The molecule has 6 nitrogen and oxygen atoms in total. The zero-order valence-corrected chi connectivity index (χ0v) is 21.3. The molecule has 0 radical (unpaired) electrons. The number of ether oxygens (including phenoxy) is 1. The zero-order chi connectivity index (χ0) is 24.9. The van der Waals surface area contributed by atoms with Crippen LogP contribution in [0.25, 0.3) is 0 Å². The van der Waals surface area contributed by atoms with Crippen molar-refractivity contribution in [1.82, 2.24) is 9.69 Å². The Kier molecular flexibility index (Phi) is 8.26. The standard InChI is InChI=1S/C25H24Cl2FN3O3S/c1-2-34-19-13-11-18(12-14-19)31(25(33)21-20(26)23(27)35-30-21)22(15-7-9-16(28)10-8-15)24(32)29-17-5-3-4-6-17/h7-14,17,22H,2-6H2,1H3,(H,29,32). The highest BCUT2D eigenvalue weighted by molar-refractivity contribution is 7.11. The normalized spacial score (nSPS) is 14.5. The first-order chi connectivity index (χ1) is 16.9. The minimum Gasteiger partial charge on any atom is -0.494 e. The van der Waals surface area contributed by atoms with Crippen LogP contribution < -0.4 is 15.0 Å². The second kappa shape index (κ2) is 11.4. The van der Waals surface area contributed by atoms with Gasteiger partial charge in [0.1, 0.15) is 27.0 Å². The highest BCUT2D eigenvalue weighted by atomic mass is 35.5. The zero-order valence-electron chi connectivity index (χ0n) is 19.0. The number of aromatic nitrogens is 1. The highest BCUT2D eigenvalue weighted by Gasteiger charge is 2.37. The van der Waals surface area contributed by atoms with Crippen LogP contribution in [0.5, 0.6) is 5.75 Å². The fourth-order valence-corrected chi connectivity index (χ4v) is 5.16. The number of rotatable bonds is 8. The Morgan fingerprint density at radius 2 is 1.80 bits per heavy atom. The van der Waals surface area contributed by atoms with Gasteiger partial charge in [-0.25, -0.2) is 4.39 Å². The van der Waals surface area contributed by atoms with E-state index in [1.165, 1.54) is 29.2 Å². The minimum atomic E-state index is -1.10. The van der Waals surface area contributed by atoms with Gasteiger partial charge in [-0.2, -0.15) is 4.37 Å². The molecule has 1 heterocycles. The Labute approximate surface area is 217 Å². The van der Waals surface area contributed by atoms with Crippen molar-refractivity contribution >= 4 is 52.2 Å². The van der Waals surface area contributed by atoms with Crippen LogP contribution in [0, 0.1) is 5.82 Å². The molecule has 1 aliphatic rings. The molecule has 0 aliphatic heterocycles. The molecule has 0 saturated heterocycles. The summed E-state index contributed by atoms with van der Waals surface area (Å²) in [4.78, 5) is 28.9. The predicted octanol–water partition coefficient (Wildman–Crippen LogP) is 6.43. The maximum absolute atomic E-state index is 13.9. The van der Waals surface area contributed by atoms with Crippen molar-refractivity contribution in [2.45, 2.75) is 44.7 Å². The maximum Gasteiger partial charge on any atom is 0.280 e. The van der Waals surface area contributed by atoms with E-state index in [0.717, 1.165) is 37.2 Å². The highest BCUT2D eigenvalue weighted by Crippen LogP contribution is 2.36. The van der Waals surface area contributed by atoms with Gasteiger partial charge in [0, 0.05) is 11.7 Å². The summed E-state index contributed by atoms with van der Waals surface area (Å²) in [6.45, 7) is 2.35. The molecule has 3 aromatic rings. The van der Waals surface area contributed by atoms with Gasteiger partial charge in [0.15, 0.2) is 5.69 Å². The molecule has 1 aliphatic carbocycles. The average molecular weight is 536 g/mol. The van der Waals surface area contributed by atoms with E-state index in [0.29, 0.717) is 23.6 Å². The number of halogens is 3. The molecule has 4 rings (SSSR count). The van der Waals surface area contributed by atoms with Gasteiger partial charge in [-0.3, -0.25) is 14.5 Å². The maximum atomic E-state index is 13.9. The third-order valence-corrected chi connectivity index (χ3v) is 7.45. The predicted molar refractivity (Wildman–Crippen MR) is 136 cm³/mol. The van der Waals surface area contributed by atoms with Crippen LogP contribution in [0.1, 0.15) is 54.7 Å². The molecule has 1 saturated carbocycles. The van der Waals surface area contributed by atoms with Gasteiger partial charge in [0.05, 0.1) is 6.61 Å². The fraction of sp³-hybridized carbons (Fsp3) is 0.320. The van der Waals surface area contributed by atoms with Gasteiger partial charge in [0.2, 0.25) is 5.91 Å². The molecule has 35 heavy (non-hydrogen) atoms. The Hall–Kier alpha value is -2.68. The van der Waals surface area contributed by atoms with Gasteiger partial charge in [-0.05, 0) is 73.3 Å². The summed E-state index contributed by atoms with van der Waals surface area (Å²) >= 11 is 13.3. The van der Waals surface area contributed by atoms with Gasteiger partial charge in [-0.1, -0.05) is 48.2 Å². The summed E-state index contributed by atoms with van der Waals surface area (Å²) in [6.07, 6.45) is 3.79. The molecule has 1 atom stereocenters. The average Bonchev–Trinajstić information content (AvgIpc) is 3.48. The van der Waals surface area contributed by atoms with Crippen molar-refractivity contribution in [2.24, 2.45) is 0 Å². The molecule has 184 valence electrons. The van der Waals surface area contributed by atoms with Crippen LogP contribution >= 0.6 is 34.7 Å². The summed E-state index contributed by atoms with van der Waals surface area (Å²) in [7, 11) is 0. The van der Waals surface area contributed by atoms with E-state index >= 15 is 0 Å². The summed E-state index contributed by atoms with van der Waals surface area (Å²) < 4.78 is 23.6. The number of carbonyl (C=O) groups excluding carboxylic acids is 2. The lowest BCUT2D eigenvalue weighted by Crippen LogP contribution is -2.46. The molecule has 1 N–H and O–H groups in total. The number of nitrogens with one attached hydrogen (secondary N) is 1. The molecule has 0 spiro atoms. The second-order valence-electron chi connectivity index (χ2n) is 8.16. The van der Waals surface area contributed by atoms with Gasteiger partial charge < -0.3 is 10.1 Å². The van der Waals surface area contributed by atoms with Crippen LogP contribution in [0.2, 0.25) is 9.36 Å². The molecular formula is C25H24Cl2FN3O3S. The van der Waals surface area contributed by atoms with Crippen LogP contribution in [-0.2, 0) is 4.79 Å². The molecule has 2 aromatic carbocycles. The van der Waals surface area contributed by atoms with Crippen molar-refractivity contribution in [3.05, 3.63) is 75.0 Å². The van der Waals surface area contributed by atoms with E-state index in [-0.39, 0.29) is 27.0 Å². The topological polar surface area (TPSA) is 71.5 Å². The van der Waals surface area contributed by atoms with Gasteiger partial charge in [0.25, 0.3) is 5.91 Å². The van der Waals surface area contributed by atoms with Crippen LogP contribution in [0.4, 0.5) is 10.1 Å². The summed E-state index contributed by atoms with van der Waals surface area (Å²) in [6, 6.07) is 11.2. The Balaban J connectivity index is 1.82. The first-order valence-corrected chi connectivity index (χ1v) is 12.8. The van der Waals surface area contributed by atoms with E-state index < -0.39 is 17.8 Å². The number of amides is 2. The van der Waals surface area contributed by atoms with Crippen molar-refractivity contribution in [2.75, 3.05) is 11.5 Å². The van der Waals surface area contributed by atoms with Crippen molar-refractivity contribution in [1.29, 1.82) is 0 Å². The number of nitrogens with zero attached hydrogens (tertiary/aromatic N) is 2. The van der Waals surface area contributed by atoms with Crippen molar-refractivity contribution < 1.29 is 18.7 Å². The lowest BCUT2D eigenvalue weighted by atomic mass is 10.0. The number of hydrogen-bond donors (Lipinski definition) is 1. The van der Waals surface area contributed by atoms with Crippen molar-refractivity contribution in [3.63, 3.8) is 0 Å². The van der Waals surface area contributed by atoms with Crippen molar-refractivity contribution in [3.8, 4) is 5.75 Å². The van der Waals surface area contributed by atoms with E-state index in [1.54, 1.807) is 24.3 Å². The Morgan fingerprint density at radius 1 is 1.14 bits per heavy atom. The first kappa shape index (κ1) is 25.4. The quantitative estimate of drug-likeness (QED) is 0.360. The summed E-state index contributed by atoms with van der Waals surface area (Å²) in [5.74, 6) is -0.800. The number of benzene rings is 2. The second-order valence-corrected chi connectivity index (χ2v) is 9.92. The first-order valence-electron chi connectivity index (χ1n) is 11.3. The molecule has 1 fully saturated rings. The number of anilines is 1. The molecule has 1 aromatic heterocycles. The SMILES string of the molecule is CCOc1ccc(N(C(=O)c2nsc(Cl)c2Cl)C(C(=O)NC2CCCC2)c2ccc(F)cc2)cc1. The monoisotopic (exact) mass is 535 g/mol. The minimum absolute atomic E-state index is 0.0139.